The number of hydrogen-bond acceptors (Lipinski definition) is 7. The molecule has 1 saturated heterocycles. The second kappa shape index (κ2) is 8.77. The van der Waals surface area contributed by atoms with E-state index in [0.717, 1.165) is 25.1 Å². The second-order valence-corrected chi connectivity index (χ2v) is 7.02. The van der Waals surface area contributed by atoms with Gasteiger partial charge < -0.3 is 25.4 Å². The van der Waals surface area contributed by atoms with Crippen molar-refractivity contribution in [2.45, 2.75) is 26.3 Å². The van der Waals surface area contributed by atoms with Gasteiger partial charge in [-0.1, -0.05) is 6.92 Å². The molecule has 1 aliphatic rings. The van der Waals surface area contributed by atoms with Crippen LogP contribution in [0.5, 0.6) is 11.5 Å². The first kappa shape index (κ1) is 19.7. The fraction of sp³-hybridized carbons (Fsp3) is 0.450. The van der Waals surface area contributed by atoms with E-state index in [1.807, 2.05) is 12.1 Å². The van der Waals surface area contributed by atoms with Crippen molar-refractivity contribution < 1.29 is 14.3 Å². The molecule has 8 nitrogen and oxygen atoms in total. The van der Waals surface area contributed by atoms with E-state index in [4.69, 9.17) is 15.2 Å². The summed E-state index contributed by atoms with van der Waals surface area (Å²) in [7, 11) is 3.17. The summed E-state index contributed by atoms with van der Waals surface area (Å²) in [6.45, 7) is 4.32. The summed E-state index contributed by atoms with van der Waals surface area (Å²) < 4.78 is 10.5. The number of aromatic nitrogens is 2. The van der Waals surface area contributed by atoms with Crippen molar-refractivity contribution in [3.63, 3.8) is 0 Å². The zero-order valence-electron chi connectivity index (χ0n) is 16.6. The van der Waals surface area contributed by atoms with Gasteiger partial charge in [-0.3, -0.25) is 4.79 Å². The van der Waals surface area contributed by atoms with Crippen LogP contribution >= 0.6 is 0 Å². The van der Waals surface area contributed by atoms with Gasteiger partial charge in [0.15, 0.2) is 0 Å². The molecule has 2 aromatic rings. The number of methoxy groups -OCH3 is 2. The van der Waals surface area contributed by atoms with Crippen molar-refractivity contribution in [1.29, 1.82) is 0 Å². The lowest BCUT2D eigenvalue weighted by Crippen LogP contribution is -2.35. The normalized spacial score (nSPS) is 16.5. The summed E-state index contributed by atoms with van der Waals surface area (Å²) in [6.07, 6.45) is 3.81. The maximum absolute atomic E-state index is 12.6. The van der Waals surface area contributed by atoms with E-state index in [9.17, 15) is 4.79 Å². The molecule has 0 spiro atoms. The van der Waals surface area contributed by atoms with Gasteiger partial charge in [-0.25, -0.2) is 4.98 Å². The van der Waals surface area contributed by atoms with Crippen LogP contribution in [-0.2, 0) is 6.54 Å². The van der Waals surface area contributed by atoms with Crippen LogP contribution < -0.4 is 25.4 Å². The molecule has 1 aromatic carbocycles. The van der Waals surface area contributed by atoms with Crippen molar-refractivity contribution in [1.82, 2.24) is 15.3 Å². The summed E-state index contributed by atoms with van der Waals surface area (Å²) in [4.78, 5) is 23.4. The number of rotatable bonds is 6. The molecular formula is C20H27N5O3. The van der Waals surface area contributed by atoms with Gasteiger partial charge in [-0.2, -0.15) is 4.98 Å². The lowest BCUT2D eigenvalue weighted by molar-refractivity contribution is 0.0951. The Morgan fingerprint density at radius 1 is 1.36 bits per heavy atom. The summed E-state index contributed by atoms with van der Waals surface area (Å²) >= 11 is 0. The highest BCUT2D eigenvalue weighted by Gasteiger charge is 2.20. The van der Waals surface area contributed by atoms with Gasteiger partial charge in [0.1, 0.15) is 17.3 Å². The smallest absolute Gasteiger partial charge is 0.256 e. The average Bonchev–Trinajstić information content (AvgIpc) is 2.71. The minimum atomic E-state index is -0.325. The Morgan fingerprint density at radius 2 is 2.18 bits per heavy atom. The monoisotopic (exact) mass is 385 g/mol. The van der Waals surface area contributed by atoms with Crippen molar-refractivity contribution in [2.75, 3.05) is 37.9 Å². The highest BCUT2D eigenvalue weighted by molar-refractivity contribution is 5.98. The Bertz CT molecular complexity index is 843. The third-order valence-electron chi connectivity index (χ3n) is 4.92. The number of benzene rings is 1. The van der Waals surface area contributed by atoms with Crippen LogP contribution in [0, 0.1) is 5.92 Å². The average molecular weight is 385 g/mol. The van der Waals surface area contributed by atoms with E-state index < -0.39 is 0 Å². The molecule has 1 atom stereocenters. The van der Waals surface area contributed by atoms with Crippen molar-refractivity contribution >= 4 is 17.7 Å². The van der Waals surface area contributed by atoms with E-state index >= 15 is 0 Å². The van der Waals surface area contributed by atoms with Crippen LogP contribution in [0.3, 0.4) is 0 Å². The molecule has 0 aliphatic carbocycles. The molecule has 1 unspecified atom stereocenters. The maximum atomic E-state index is 12.6. The standard InChI is InChI=1S/C20H27N5O3/c1-13-5-4-8-25(12-13)20-23-11-16(18(21)24-20)19(26)22-10-14-6-7-15(27-2)9-17(14)28-3/h6-7,9,11,13H,4-5,8,10,12H2,1-3H3,(H,22,26)(H2,21,23,24). The van der Waals surface area contributed by atoms with Crippen LogP contribution in [0.1, 0.15) is 35.7 Å². The number of nitrogens with two attached hydrogens (primary N) is 1. The number of carbonyl (C=O) groups excluding carboxylic acids is 1. The van der Waals surface area contributed by atoms with Crippen LogP contribution in [-0.4, -0.2) is 43.2 Å². The van der Waals surface area contributed by atoms with Gasteiger partial charge in [-0.15, -0.1) is 0 Å². The number of hydrogen-bond donors (Lipinski definition) is 2. The molecule has 2 heterocycles. The number of ether oxygens (including phenoxy) is 2. The molecule has 1 aromatic heterocycles. The van der Waals surface area contributed by atoms with E-state index in [1.54, 1.807) is 20.3 Å². The van der Waals surface area contributed by atoms with Gasteiger partial charge >= 0.3 is 0 Å². The van der Waals surface area contributed by atoms with Crippen LogP contribution in [0.4, 0.5) is 11.8 Å². The summed E-state index contributed by atoms with van der Waals surface area (Å²) in [5, 5.41) is 2.84. The van der Waals surface area contributed by atoms with E-state index in [0.29, 0.717) is 23.4 Å². The largest absolute Gasteiger partial charge is 0.497 e. The molecule has 1 fully saturated rings. The molecule has 3 rings (SSSR count). The molecule has 3 N–H and O–H groups in total. The predicted octanol–water partition coefficient (Wildman–Crippen LogP) is 2.24. The Hall–Kier alpha value is -3.03. The topological polar surface area (TPSA) is 103 Å². The van der Waals surface area contributed by atoms with Crippen LogP contribution in [0.2, 0.25) is 0 Å². The number of piperidine rings is 1. The van der Waals surface area contributed by atoms with Gasteiger partial charge in [-0.05, 0) is 30.9 Å². The van der Waals surface area contributed by atoms with Gasteiger partial charge in [0.2, 0.25) is 5.95 Å². The first-order chi connectivity index (χ1) is 13.5. The first-order valence-electron chi connectivity index (χ1n) is 9.38. The highest BCUT2D eigenvalue weighted by Crippen LogP contribution is 2.25. The van der Waals surface area contributed by atoms with Crippen molar-refractivity contribution in [2.24, 2.45) is 5.92 Å². The van der Waals surface area contributed by atoms with Crippen molar-refractivity contribution in [3.05, 3.63) is 35.5 Å². The molecule has 0 radical (unpaired) electrons. The lowest BCUT2D eigenvalue weighted by Gasteiger charge is -2.31. The summed E-state index contributed by atoms with van der Waals surface area (Å²) in [5.41, 5.74) is 7.14. The van der Waals surface area contributed by atoms with E-state index in [-0.39, 0.29) is 23.8 Å². The third kappa shape index (κ3) is 4.44. The minimum Gasteiger partial charge on any atom is -0.497 e. The molecule has 1 amide bonds. The minimum absolute atomic E-state index is 0.183. The number of carbonyl (C=O) groups is 1. The van der Waals surface area contributed by atoms with Gasteiger partial charge in [0.25, 0.3) is 5.91 Å². The van der Waals surface area contributed by atoms with Gasteiger partial charge in [0.05, 0.1) is 19.8 Å². The Morgan fingerprint density at radius 3 is 2.86 bits per heavy atom. The van der Waals surface area contributed by atoms with E-state index in [2.05, 4.69) is 27.1 Å². The molecule has 0 bridgehead atoms. The number of amides is 1. The number of anilines is 2. The molecule has 28 heavy (non-hydrogen) atoms. The Balaban J connectivity index is 1.68. The zero-order chi connectivity index (χ0) is 20.1. The third-order valence-corrected chi connectivity index (χ3v) is 4.92. The number of nitrogens with zero attached hydrogens (tertiary/aromatic N) is 3. The highest BCUT2D eigenvalue weighted by atomic mass is 16.5. The van der Waals surface area contributed by atoms with Crippen molar-refractivity contribution in [3.8, 4) is 11.5 Å². The fourth-order valence-corrected chi connectivity index (χ4v) is 3.35. The van der Waals surface area contributed by atoms with Gasteiger partial charge in [0, 0.05) is 37.5 Å². The summed E-state index contributed by atoms with van der Waals surface area (Å²) in [6, 6.07) is 5.43. The fourth-order valence-electron chi connectivity index (χ4n) is 3.35. The molecule has 150 valence electrons. The van der Waals surface area contributed by atoms with E-state index in [1.165, 1.54) is 12.6 Å². The van der Waals surface area contributed by atoms with Crippen LogP contribution in [0.15, 0.2) is 24.4 Å². The molecular weight excluding hydrogens is 358 g/mol. The molecule has 8 heteroatoms. The predicted molar refractivity (Wildman–Crippen MR) is 108 cm³/mol. The quantitative estimate of drug-likeness (QED) is 0.786. The Labute approximate surface area is 165 Å². The Kier molecular flexibility index (Phi) is 6.18. The summed E-state index contributed by atoms with van der Waals surface area (Å²) in [5.74, 6) is 2.36. The zero-order valence-corrected chi connectivity index (χ0v) is 16.6. The first-order valence-corrected chi connectivity index (χ1v) is 9.38. The number of nitrogen functional groups attached to an aromatic ring is 1. The molecule has 0 saturated carbocycles. The second-order valence-electron chi connectivity index (χ2n) is 7.02. The van der Waals surface area contributed by atoms with Crippen LogP contribution in [0.25, 0.3) is 0 Å². The SMILES string of the molecule is COc1ccc(CNC(=O)c2cnc(N3CCCC(C)C3)nc2N)c(OC)c1. The molecule has 1 aliphatic heterocycles. The number of nitrogens with one attached hydrogen (secondary N) is 1. The lowest BCUT2D eigenvalue weighted by atomic mass is 10.0. The maximum Gasteiger partial charge on any atom is 0.256 e.